The molecule has 2 aromatic carbocycles. The average molecular weight is 294 g/mol. The maximum atomic E-state index is 11.6. The van der Waals surface area contributed by atoms with Crippen molar-refractivity contribution in [2.75, 3.05) is 13.7 Å². The average Bonchev–Trinajstić information content (AvgIpc) is 3.16. The van der Waals surface area contributed by atoms with Crippen LogP contribution in [0.1, 0.15) is 27.7 Å². The second-order valence-electron chi connectivity index (χ2n) is 5.25. The molecule has 0 fully saturated rings. The number of aromatic amines is 1. The largest absolute Gasteiger partial charge is 0.492 e. The number of nitrogens with zero attached hydrogens (tertiary/aromatic N) is 1. The standard InChI is InChI=1S/C17H14N2O3/c1-21-17(20)10-6-7-13-14(8-10)19-16(18-13)12-9-22-15-5-3-2-4-11(12)15/h2-8,12H,9H2,1H3,(H,18,19). The van der Waals surface area contributed by atoms with E-state index in [9.17, 15) is 4.79 Å². The highest BCUT2D eigenvalue weighted by atomic mass is 16.5. The van der Waals surface area contributed by atoms with Gasteiger partial charge in [-0.05, 0) is 24.3 Å². The van der Waals surface area contributed by atoms with Gasteiger partial charge in [-0.3, -0.25) is 0 Å². The summed E-state index contributed by atoms with van der Waals surface area (Å²) in [5, 5.41) is 0. The van der Waals surface area contributed by atoms with Gasteiger partial charge in [-0.1, -0.05) is 18.2 Å². The van der Waals surface area contributed by atoms with Crippen LogP contribution in [0.5, 0.6) is 5.75 Å². The molecule has 5 heteroatoms. The predicted octanol–water partition coefficient (Wildman–Crippen LogP) is 2.87. The van der Waals surface area contributed by atoms with Crippen molar-refractivity contribution < 1.29 is 14.3 Å². The number of aromatic nitrogens is 2. The fourth-order valence-corrected chi connectivity index (χ4v) is 2.83. The Kier molecular flexibility index (Phi) is 2.85. The number of carbonyl (C=O) groups excluding carboxylic acids is 1. The highest BCUT2D eigenvalue weighted by Gasteiger charge is 2.27. The van der Waals surface area contributed by atoms with Crippen molar-refractivity contribution in [1.82, 2.24) is 9.97 Å². The van der Waals surface area contributed by atoms with Crippen LogP contribution in [-0.2, 0) is 4.74 Å². The Balaban J connectivity index is 1.76. The number of benzene rings is 2. The lowest BCUT2D eigenvalue weighted by atomic mass is 10.0. The molecule has 1 aliphatic heterocycles. The summed E-state index contributed by atoms with van der Waals surface area (Å²) in [4.78, 5) is 19.5. The zero-order valence-electron chi connectivity index (χ0n) is 12.0. The maximum absolute atomic E-state index is 11.6. The number of esters is 1. The molecule has 0 bridgehead atoms. The molecule has 110 valence electrons. The van der Waals surface area contributed by atoms with Gasteiger partial charge >= 0.3 is 5.97 Å². The summed E-state index contributed by atoms with van der Waals surface area (Å²) in [5.41, 5.74) is 3.29. The molecular formula is C17H14N2O3. The van der Waals surface area contributed by atoms with Gasteiger partial charge in [0.05, 0.1) is 29.6 Å². The van der Waals surface area contributed by atoms with E-state index in [1.807, 2.05) is 24.3 Å². The first-order valence-electron chi connectivity index (χ1n) is 7.06. The molecule has 0 saturated carbocycles. The zero-order chi connectivity index (χ0) is 15.1. The Hall–Kier alpha value is -2.82. The lowest BCUT2D eigenvalue weighted by Gasteiger charge is -2.03. The molecule has 0 aliphatic carbocycles. The SMILES string of the molecule is COC(=O)c1ccc2nc(C3COc4ccccc43)[nH]c2c1. The third-order valence-corrected chi connectivity index (χ3v) is 3.95. The van der Waals surface area contributed by atoms with E-state index in [4.69, 9.17) is 9.47 Å². The van der Waals surface area contributed by atoms with Crippen LogP contribution >= 0.6 is 0 Å². The molecule has 1 aliphatic rings. The molecule has 4 rings (SSSR count). The van der Waals surface area contributed by atoms with E-state index in [-0.39, 0.29) is 11.9 Å². The molecule has 1 atom stereocenters. The van der Waals surface area contributed by atoms with Crippen LogP contribution < -0.4 is 4.74 Å². The molecule has 2 heterocycles. The Labute approximate surface area is 126 Å². The molecular weight excluding hydrogens is 280 g/mol. The fraction of sp³-hybridized carbons (Fsp3) is 0.176. The van der Waals surface area contributed by atoms with Crippen LogP contribution in [0.15, 0.2) is 42.5 Å². The van der Waals surface area contributed by atoms with Gasteiger partial charge in [-0.2, -0.15) is 0 Å². The third-order valence-electron chi connectivity index (χ3n) is 3.95. The van der Waals surface area contributed by atoms with Crippen molar-refractivity contribution in [1.29, 1.82) is 0 Å². The molecule has 1 unspecified atom stereocenters. The van der Waals surface area contributed by atoms with E-state index in [1.165, 1.54) is 7.11 Å². The summed E-state index contributed by atoms with van der Waals surface area (Å²) in [7, 11) is 1.37. The first-order valence-corrected chi connectivity index (χ1v) is 7.06. The molecule has 1 N–H and O–H groups in total. The van der Waals surface area contributed by atoms with Crippen molar-refractivity contribution in [3.8, 4) is 5.75 Å². The van der Waals surface area contributed by atoms with Gasteiger partial charge in [0.2, 0.25) is 0 Å². The van der Waals surface area contributed by atoms with E-state index in [1.54, 1.807) is 12.1 Å². The van der Waals surface area contributed by atoms with Gasteiger partial charge in [-0.15, -0.1) is 0 Å². The molecule has 0 saturated heterocycles. The summed E-state index contributed by atoms with van der Waals surface area (Å²) in [5.74, 6) is 1.49. The molecule has 3 aromatic rings. The predicted molar refractivity (Wildman–Crippen MR) is 81.2 cm³/mol. The Morgan fingerprint density at radius 2 is 2.18 bits per heavy atom. The van der Waals surface area contributed by atoms with Crippen LogP contribution in [-0.4, -0.2) is 29.7 Å². The fourth-order valence-electron chi connectivity index (χ4n) is 2.83. The highest BCUT2D eigenvalue weighted by molar-refractivity contribution is 5.93. The number of nitrogens with one attached hydrogen (secondary N) is 1. The summed E-state index contributed by atoms with van der Waals surface area (Å²) < 4.78 is 10.5. The molecule has 0 amide bonds. The van der Waals surface area contributed by atoms with Crippen molar-refractivity contribution in [2.24, 2.45) is 0 Å². The number of para-hydroxylation sites is 1. The van der Waals surface area contributed by atoms with Crippen molar-refractivity contribution in [3.63, 3.8) is 0 Å². The van der Waals surface area contributed by atoms with Gasteiger partial charge in [0, 0.05) is 5.56 Å². The molecule has 0 spiro atoms. The number of carbonyl (C=O) groups is 1. The van der Waals surface area contributed by atoms with Gasteiger partial charge in [-0.25, -0.2) is 9.78 Å². The van der Waals surface area contributed by atoms with E-state index < -0.39 is 0 Å². The number of methoxy groups -OCH3 is 1. The van der Waals surface area contributed by atoms with Crippen LogP contribution in [0, 0.1) is 0 Å². The molecule has 0 radical (unpaired) electrons. The summed E-state index contributed by atoms with van der Waals surface area (Å²) in [6, 6.07) is 13.3. The number of imidazole rings is 1. The molecule has 5 nitrogen and oxygen atoms in total. The smallest absolute Gasteiger partial charge is 0.337 e. The summed E-state index contributed by atoms with van der Waals surface area (Å²) in [6.07, 6.45) is 0. The van der Waals surface area contributed by atoms with Gasteiger partial charge in [0.1, 0.15) is 18.2 Å². The minimum Gasteiger partial charge on any atom is -0.492 e. The summed E-state index contributed by atoms with van der Waals surface area (Å²) >= 11 is 0. The van der Waals surface area contributed by atoms with E-state index in [0.29, 0.717) is 12.2 Å². The van der Waals surface area contributed by atoms with Crippen LogP contribution in [0.3, 0.4) is 0 Å². The van der Waals surface area contributed by atoms with Gasteiger partial charge in [0.15, 0.2) is 0 Å². The first kappa shape index (κ1) is 12.9. The van der Waals surface area contributed by atoms with Crippen LogP contribution in [0.4, 0.5) is 0 Å². The number of H-pyrrole nitrogens is 1. The van der Waals surface area contributed by atoms with Crippen molar-refractivity contribution >= 4 is 17.0 Å². The number of ether oxygens (including phenoxy) is 2. The first-order chi connectivity index (χ1) is 10.8. The number of hydrogen-bond donors (Lipinski definition) is 1. The Bertz CT molecular complexity index is 869. The second-order valence-corrected chi connectivity index (χ2v) is 5.25. The minimum absolute atomic E-state index is 0.0881. The van der Waals surface area contributed by atoms with E-state index in [2.05, 4.69) is 16.0 Å². The zero-order valence-corrected chi connectivity index (χ0v) is 12.0. The van der Waals surface area contributed by atoms with Crippen molar-refractivity contribution in [2.45, 2.75) is 5.92 Å². The lowest BCUT2D eigenvalue weighted by molar-refractivity contribution is 0.0601. The topological polar surface area (TPSA) is 64.2 Å². The lowest BCUT2D eigenvalue weighted by Crippen LogP contribution is -2.04. The van der Waals surface area contributed by atoms with Gasteiger partial charge < -0.3 is 14.5 Å². The third kappa shape index (κ3) is 1.94. The quantitative estimate of drug-likeness (QED) is 0.738. The Morgan fingerprint density at radius 3 is 3.05 bits per heavy atom. The van der Waals surface area contributed by atoms with E-state index >= 15 is 0 Å². The highest BCUT2D eigenvalue weighted by Crippen LogP contribution is 2.37. The van der Waals surface area contributed by atoms with E-state index in [0.717, 1.165) is 28.2 Å². The Morgan fingerprint density at radius 1 is 1.32 bits per heavy atom. The number of fused-ring (bicyclic) bond motifs is 2. The normalized spacial score (nSPS) is 16.3. The second kappa shape index (κ2) is 4.87. The monoisotopic (exact) mass is 294 g/mol. The van der Waals surface area contributed by atoms with Crippen LogP contribution in [0.25, 0.3) is 11.0 Å². The molecule has 1 aromatic heterocycles. The van der Waals surface area contributed by atoms with Crippen LogP contribution in [0.2, 0.25) is 0 Å². The molecule has 22 heavy (non-hydrogen) atoms. The summed E-state index contributed by atoms with van der Waals surface area (Å²) in [6.45, 7) is 0.572. The number of rotatable bonds is 2. The van der Waals surface area contributed by atoms with Crippen molar-refractivity contribution in [3.05, 3.63) is 59.4 Å². The number of hydrogen-bond acceptors (Lipinski definition) is 4. The maximum Gasteiger partial charge on any atom is 0.337 e. The van der Waals surface area contributed by atoms with Gasteiger partial charge in [0.25, 0.3) is 0 Å². The minimum atomic E-state index is -0.354.